The second-order valence-electron chi connectivity index (χ2n) is 10.4. The number of benzene rings is 2. The van der Waals surface area contributed by atoms with Crippen molar-refractivity contribution < 1.29 is 9.90 Å². The molecular formula is C30H27N5O2S2. The van der Waals surface area contributed by atoms with Gasteiger partial charge in [0.1, 0.15) is 10.0 Å². The van der Waals surface area contributed by atoms with Gasteiger partial charge in [-0.25, -0.2) is 9.97 Å². The minimum atomic E-state index is -0.701. The van der Waals surface area contributed by atoms with E-state index in [-0.39, 0.29) is 6.42 Å². The van der Waals surface area contributed by atoms with Crippen LogP contribution in [0, 0.1) is 0 Å². The first-order chi connectivity index (χ1) is 18.7. The van der Waals surface area contributed by atoms with Crippen LogP contribution in [-0.4, -0.2) is 31.6 Å². The van der Waals surface area contributed by atoms with Crippen LogP contribution in [0.1, 0.15) is 31.0 Å². The number of hydrogen-bond donors (Lipinski definition) is 3. The van der Waals surface area contributed by atoms with Crippen molar-refractivity contribution in [3.05, 3.63) is 90.4 Å². The van der Waals surface area contributed by atoms with E-state index in [1.165, 1.54) is 0 Å². The molecule has 0 spiro atoms. The molecule has 7 nitrogen and oxygen atoms in total. The van der Waals surface area contributed by atoms with Gasteiger partial charge in [-0.1, -0.05) is 54.6 Å². The fourth-order valence-electron chi connectivity index (χ4n) is 5.22. The van der Waals surface area contributed by atoms with Gasteiger partial charge < -0.3 is 16.6 Å². The lowest BCUT2D eigenvalue weighted by atomic mass is 9.63. The molecule has 0 atom stereocenters. The molecule has 1 amide bonds. The standard InChI is InChI=1S/C30H27N5O2S2/c1-29(37)16-30(32,17-29)21-10-7-18(8-11-21)25-26(19-5-3-2-4-6-19)39-28(35-25)23-15-34-27(38-23)20-9-12-22(33-14-20)13-24(31)36/h2-12,14-15,37H,13,16-17,32H2,1H3,(H2,31,36)/t29-,30-. The summed E-state index contributed by atoms with van der Waals surface area (Å²) in [4.78, 5) is 27.3. The van der Waals surface area contributed by atoms with Crippen LogP contribution in [0.25, 0.3) is 42.2 Å². The summed E-state index contributed by atoms with van der Waals surface area (Å²) < 4.78 is 0. The van der Waals surface area contributed by atoms with Gasteiger partial charge >= 0.3 is 0 Å². The molecule has 0 aliphatic heterocycles. The van der Waals surface area contributed by atoms with Crippen molar-refractivity contribution in [1.82, 2.24) is 15.0 Å². The van der Waals surface area contributed by atoms with E-state index in [1.807, 2.05) is 37.4 Å². The Morgan fingerprint density at radius 1 is 0.897 bits per heavy atom. The monoisotopic (exact) mass is 553 g/mol. The molecular weight excluding hydrogens is 526 g/mol. The molecule has 5 aromatic rings. The van der Waals surface area contributed by atoms with Gasteiger partial charge in [-0.3, -0.25) is 9.78 Å². The molecule has 0 bridgehead atoms. The summed E-state index contributed by atoms with van der Waals surface area (Å²) in [5, 5.41) is 11.9. The third kappa shape index (κ3) is 5.14. The van der Waals surface area contributed by atoms with Gasteiger partial charge in [0.05, 0.1) is 27.5 Å². The molecule has 0 unspecified atom stereocenters. The molecule has 1 saturated carbocycles. The number of aliphatic hydroxyl groups is 1. The van der Waals surface area contributed by atoms with Crippen molar-refractivity contribution in [2.45, 2.75) is 37.3 Å². The van der Waals surface area contributed by atoms with Crippen molar-refractivity contribution in [3.8, 4) is 42.2 Å². The number of nitrogens with zero attached hydrogens (tertiary/aromatic N) is 3. The van der Waals surface area contributed by atoms with Crippen molar-refractivity contribution in [2.75, 3.05) is 0 Å². The molecule has 3 heterocycles. The van der Waals surface area contributed by atoms with Crippen LogP contribution in [0.15, 0.2) is 79.1 Å². The Kier molecular flexibility index (Phi) is 6.39. The van der Waals surface area contributed by atoms with E-state index in [4.69, 9.17) is 16.5 Å². The van der Waals surface area contributed by atoms with Gasteiger partial charge in [-0.15, -0.1) is 22.7 Å². The summed E-state index contributed by atoms with van der Waals surface area (Å²) in [6.45, 7) is 1.83. The minimum Gasteiger partial charge on any atom is -0.390 e. The summed E-state index contributed by atoms with van der Waals surface area (Å²) in [6, 6.07) is 22.2. The molecule has 196 valence electrons. The summed E-state index contributed by atoms with van der Waals surface area (Å²) in [6.07, 6.45) is 4.77. The lowest BCUT2D eigenvalue weighted by Gasteiger charge is -2.49. The molecule has 39 heavy (non-hydrogen) atoms. The number of pyridine rings is 1. The summed E-state index contributed by atoms with van der Waals surface area (Å²) >= 11 is 3.19. The first-order valence-corrected chi connectivity index (χ1v) is 14.2. The fraction of sp³-hybridized carbons (Fsp3) is 0.200. The van der Waals surface area contributed by atoms with Gasteiger partial charge in [-0.05, 0) is 43.0 Å². The second-order valence-corrected chi connectivity index (χ2v) is 12.4. The smallest absolute Gasteiger partial charge is 0.223 e. The van der Waals surface area contributed by atoms with E-state index in [0.29, 0.717) is 18.5 Å². The molecule has 1 aliphatic carbocycles. The predicted octanol–water partition coefficient (Wildman–Crippen LogP) is 5.39. The largest absolute Gasteiger partial charge is 0.390 e. The maximum absolute atomic E-state index is 11.2. The Bertz CT molecular complexity index is 1630. The average molecular weight is 554 g/mol. The van der Waals surface area contributed by atoms with E-state index in [1.54, 1.807) is 34.9 Å². The summed E-state index contributed by atoms with van der Waals surface area (Å²) in [7, 11) is 0. The number of amides is 1. The molecule has 9 heteroatoms. The number of nitrogens with two attached hydrogens (primary N) is 2. The fourth-order valence-corrected chi connectivity index (χ4v) is 7.26. The third-order valence-corrected chi connectivity index (χ3v) is 9.25. The highest BCUT2D eigenvalue weighted by molar-refractivity contribution is 7.25. The Labute approximate surface area is 234 Å². The maximum Gasteiger partial charge on any atom is 0.223 e. The van der Waals surface area contributed by atoms with Gasteiger partial charge in [-0.2, -0.15) is 0 Å². The normalized spacial score (nSPS) is 20.5. The molecule has 5 N–H and O–H groups in total. The predicted molar refractivity (Wildman–Crippen MR) is 156 cm³/mol. The van der Waals surface area contributed by atoms with Gasteiger partial charge in [0, 0.05) is 34.8 Å². The molecule has 2 aromatic carbocycles. The Hall–Kier alpha value is -3.76. The first kappa shape index (κ1) is 25.5. The van der Waals surface area contributed by atoms with Crippen molar-refractivity contribution in [3.63, 3.8) is 0 Å². The van der Waals surface area contributed by atoms with Crippen molar-refractivity contribution in [2.24, 2.45) is 11.5 Å². The van der Waals surface area contributed by atoms with Crippen LogP contribution in [0.4, 0.5) is 0 Å². The Morgan fingerprint density at radius 2 is 1.62 bits per heavy atom. The molecule has 0 saturated heterocycles. The van der Waals surface area contributed by atoms with Crippen LogP contribution >= 0.6 is 22.7 Å². The van der Waals surface area contributed by atoms with Gasteiger partial charge in [0.25, 0.3) is 0 Å². The zero-order chi connectivity index (χ0) is 27.2. The van der Waals surface area contributed by atoms with E-state index < -0.39 is 17.0 Å². The Balaban J connectivity index is 1.33. The number of carbonyl (C=O) groups is 1. The van der Waals surface area contributed by atoms with Crippen LogP contribution < -0.4 is 11.5 Å². The topological polar surface area (TPSA) is 128 Å². The van der Waals surface area contributed by atoms with Crippen molar-refractivity contribution in [1.29, 1.82) is 0 Å². The highest BCUT2D eigenvalue weighted by Gasteiger charge is 2.49. The maximum atomic E-state index is 11.2. The summed E-state index contributed by atoms with van der Waals surface area (Å²) in [5.41, 5.74) is 16.2. The summed E-state index contributed by atoms with van der Waals surface area (Å²) in [5.74, 6) is -0.408. The number of hydrogen-bond acceptors (Lipinski definition) is 8. The van der Waals surface area contributed by atoms with Crippen molar-refractivity contribution >= 4 is 28.6 Å². The van der Waals surface area contributed by atoms with Gasteiger partial charge in [0.2, 0.25) is 5.91 Å². The minimum absolute atomic E-state index is 0.113. The second kappa shape index (κ2) is 9.77. The Morgan fingerprint density at radius 3 is 2.26 bits per heavy atom. The molecule has 0 radical (unpaired) electrons. The van der Waals surface area contributed by atoms with E-state index in [0.717, 1.165) is 47.7 Å². The first-order valence-electron chi connectivity index (χ1n) is 12.6. The van der Waals surface area contributed by atoms with Crippen LogP contribution in [-0.2, 0) is 16.8 Å². The zero-order valence-corrected chi connectivity index (χ0v) is 22.9. The molecule has 1 aliphatic rings. The number of primary amides is 1. The number of thiazole rings is 2. The van der Waals surface area contributed by atoms with E-state index in [2.05, 4.69) is 46.4 Å². The lowest BCUT2D eigenvalue weighted by molar-refractivity contribution is -0.117. The highest BCUT2D eigenvalue weighted by Crippen LogP contribution is 2.47. The quantitative estimate of drug-likeness (QED) is 0.248. The molecule has 3 aromatic heterocycles. The highest BCUT2D eigenvalue weighted by atomic mass is 32.1. The average Bonchev–Trinajstić information content (AvgIpc) is 3.56. The van der Waals surface area contributed by atoms with Crippen LogP contribution in [0.3, 0.4) is 0 Å². The third-order valence-electron chi connectivity index (χ3n) is 6.93. The zero-order valence-electron chi connectivity index (χ0n) is 21.3. The molecule has 6 rings (SSSR count). The molecule has 1 fully saturated rings. The SMILES string of the molecule is C[C@]1(O)C[C@@](N)(c2ccc(-c3nc(-c4cnc(-c5ccc(CC(N)=O)nc5)s4)sc3-c3ccccc3)cc2)C1. The van der Waals surface area contributed by atoms with E-state index >= 15 is 0 Å². The number of carbonyl (C=O) groups excluding carboxylic acids is 1. The van der Waals surface area contributed by atoms with E-state index in [9.17, 15) is 9.90 Å². The lowest BCUT2D eigenvalue weighted by Crippen LogP contribution is -2.58. The van der Waals surface area contributed by atoms with Crippen LogP contribution in [0.2, 0.25) is 0 Å². The number of rotatable bonds is 7. The number of aromatic nitrogens is 3. The van der Waals surface area contributed by atoms with Crippen LogP contribution in [0.5, 0.6) is 0 Å². The van der Waals surface area contributed by atoms with Gasteiger partial charge in [0.15, 0.2) is 0 Å².